The van der Waals surface area contributed by atoms with Gasteiger partial charge in [0.15, 0.2) is 0 Å². The zero-order valence-electron chi connectivity index (χ0n) is 14.4. The summed E-state index contributed by atoms with van der Waals surface area (Å²) in [5, 5.41) is 5.85. The first kappa shape index (κ1) is 18.9. The number of amides is 2. The molecule has 0 radical (unpaired) electrons. The molecule has 0 aliphatic carbocycles. The summed E-state index contributed by atoms with van der Waals surface area (Å²) in [6.45, 7) is 3.02. The van der Waals surface area contributed by atoms with E-state index in [0.29, 0.717) is 4.88 Å². The standard InChI is InChI=1S/C19H15F3N2O2S/c1-10-13-5-3-4-6-16(13)27-17(10)18(26)24-15-9-12(19(20,21)22)7-8-14(15)23-11(2)25/h3-9H,1-2H3,(H,23,25)(H,24,26). The molecule has 0 bridgehead atoms. The maximum atomic E-state index is 13.0. The van der Waals surface area contributed by atoms with E-state index < -0.39 is 23.6 Å². The molecule has 2 amide bonds. The number of carbonyl (C=O) groups is 2. The lowest BCUT2D eigenvalue weighted by molar-refractivity contribution is -0.137. The molecular weight excluding hydrogens is 377 g/mol. The van der Waals surface area contributed by atoms with Crippen LogP contribution >= 0.6 is 11.3 Å². The van der Waals surface area contributed by atoms with Gasteiger partial charge in [-0.15, -0.1) is 11.3 Å². The fourth-order valence-corrected chi connectivity index (χ4v) is 3.80. The predicted molar refractivity (Wildman–Crippen MR) is 100 cm³/mol. The minimum atomic E-state index is -4.57. The first-order valence-electron chi connectivity index (χ1n) is 7.95. The van der Waals surface area contributed by atoms with Crippen LogP contribution in [0, 0.1) is 6.92 Å². The first-order chi connectivity index (χ1) is 12.7. The maximum absolute atomic E-state index is 13.0. The van der Waals surface area contributed by atoms with Gasteiger partial charge in [-0.2, -0.15) is 13.2 Å². The summed E-state index contributed by atoms with van der Waals surface area (Å²) in [5.41, 5.74) is -0.175. The van der Waals surface area contributed by atoms with Crippen molar-refractivity contribution in [2.75, 3.05) is 10.6 Å². The highest BCUT2D eigenvalue weighted by atomic mass is 32.1. The molecule has 3 rings (SSSR count). The minimum absolute atomic E-state index is 0.0996. The Bertz CT molecular complexity index is 1040. The average molecular weight is 392 g/mol. The third-order valence-corrected chi connectivity index (χ3v) is 5.23. The summed E-state index contributed by atoms with van der Waals surface area (Å²) in [6, 6.07) is 10.2. The molecule has 8 heteroatoms. The number of anilines is 2. The highest BCUT2D eigenvalue weighted by Gasteiger charge is 2.31. The van der Waals surface area contributed by atoms with Crippen LogP contribution in [0.2, 0.25) is 0 Å². The molecule has 1 aromatic heterocycles. The van der Waals surface area contributed by atoms with Crippen LogP contribution in [0.25, 0.3) is 10.1 Å². The van der Waals surface area contributed by atoms with Gasteiger partial charge in [0.1, 0.15) is 0 Å². The smallest absolute Gasteiger partial charge is 0.325 e. The van der Waals surface area contributed by atoms with Crippen LogP contribution in [0.3, 0.4) is 0 Å². The van der Waals surface area contributed by atoms with Gasteiger partial charge in [0, 0.05) is 11.6 Å². The molecule has 0 fully saturated rings. The molecule has 0 atom stereocenters. The molecule has 0 saturated carbocycles. The number of thiophene rings is 1. The van der Waals surface area contributed by atoms with Crippen molar-refractivity contribution in [3.8, 4) is 0 Å². The van der Waals surface area contributed by atoms with E-state index in [-0.39, 0.29) is 11.4 Å². The Morgan fingerprint density at radius 3 is 2.33 bits per heavy atom. The second kappa shape index (κ2) is 7.03. The van der Waals surface area contributed by atoms with Gasteiger partial charge >= 0.3 is 6.18 Å². The molecule has 3 aromatic rings. The summed E-state index contributed by atoms with van der Waals surface area (Å²) in [4.78, 5) is 24.4. The van der Waals surface area contributed by atoms with E-state index in [2.05, 4.69) is 10.6 Å². The van der Waals surface area contributed by atoms with Crippen LogP contribution in [-0.2, 0) is 11.0 Å². The molecule has 1 heterocycles. The number of halogens is 3. The molecule has 4 nitrogen and oxygen atoms in total. The van der Waals surface area contributed by atoms with Crippen molar-refractivity contribution in [3.05, 3.63) is 58.5 Å². The van der Waals surface area contributed by atoms with Crippen LogP contribution in [0.4, 0.5) is 24.5 Å². The lowest BCUT2D eigenvalue weighted by Gasteiger charge is -2.14. The van der Waals surface area contributed by atoms with E-state index >= 15 is 0 Å². The first-order valence-corrected chi connectivity index (χ1v) is 8.77. The summed E-state index contributed by atoms with van der Waals surface area (Å²) in [5.74, 6) is -0.983. The predicted octanol–water partition coefficient (Wildman–Crippen LogP) is 5.44. The van der Waals surface area contributed by atoms with Gasteiger partial charge in [-0.1, -0.05) is 18.2 Å². The molecule has 2 aromatic carbocycles. The highest BCUT2D eigenvalue weighted by Crippen LogP contribution is 2.35. The van der Waals surface area contributed by atoms with Crippen LogP contribution in [0.1, 0.15) is 27.7 Å². The van der Waals surface area contributed by atoms with E-state index in [1.54, 1.807) is 6.92 Å². The van der Waals surface area contributed by atoms with Crippen molar-refractivity contribution in [2.24, 2.45) is 0 Å². The number of alkyl halides is 3. The molecule has 27 heavy (non-hydrogen) atoms. The van der Waals surface area contributed by atoms with Gasteiger partial charge in [-0.25, -0.2) is 0 Å². The number of nitrogens with one attached hydrogen (secondary N) is 2. The average Bonchev–Trinajstić information content (AvgIpc) is 2.92. The summed E-state index contributed by atoms with van der Waals surface area (Å²) in [7, 11) is 0. The number of carbonyl (C=O) groups excluding carboxylic acids is 2. The van der Waals surface area contributed by atoms with Crippen molar-refractivity contribution < 1.29 is 22.8 Å². The van der Waals surface area contributed by atoms with Gasteiger partial charge in [0.25, 0.3) is 5.91 Å². The van der Waals surface area contributed by atoms with E-state index in [1.165, 1.54) is 18.3 Å². The number of hydrogen-bond donors (Lipinski definition) is 2. The van der Waals surface area contributed by atoms with Crippen molar-refractivity contribution in [1.82, 2.24) is 0 Å². The topological polar surface area (TPSA) is 58.2 Å². The maximum Gasteiger partial charge on any atom is 0.416 e. The van der Waals surface area contributed by atoms with Crippen LogP contribution in [0.15, 0.2) is 42.5 Å². The second-order valence-electron chi connectivity index (χ2n) is 5.95. The Balaban J connectivity index is 2.00. The molecule has 0 aliphatic heterocycles. The fraction of sp³-hybridized carbons (Fsp3) is 0.158. The third-order valence-electron chi connectivity index (χ3n) is 3.96. The third kappa shape index (κ3) is 3.95. The van der Waals surface area contributed by atoms with Gasteiger partial charge < -0.3 is 10.6 Å². The van der Waals surface area contributed by atoms with Crippen LogP contribution < -0.4 is 10.6 Å². The van der Waals surface area contributed by atoms with Gasteiger partial charge in [-0.05, 0) is 42.1 Å². The molecule has 140 valence electrons. The second-order valence-corrected chi connectivity index (χ2v) is 7.00. The lowest BCUT2D eigenvalue weighted by Crippen LogP contribution is -2.16. The molecule has 0 aliphatic rings. The summed E-state index contributed by atoms with van der Waals surface area (Å²) in [6.07, 6.45) is -4.57. The van der Waals surface area contributed by atoms with Crippen molar-refractivity contribution in [1.29, 1.82) is 0 Å². The number of rotatable bonds is 3. The van der Waals surface area contributed by atoms with Gasteiger partial charge in [-0.3, -0.25) is 9.59 Å². The van der Waals surface area contributed by atoms with Crippen LogP contribution in [0.5, 0.6) is 0 Å². The highest BCUT2D eigenvalue weighted by molar-refractivity contribution is 7.21. The Hall–Kier alpha value is -2.87. The van der Waals surface area contributed by atoms with E-state index in [0.717, 1.165) is 33.8 Å². The number of fused-ring (bicyclic) bond motifs is 1. The lowest BCUT2D eigenvalue weighted by atomic mass is 10.1. The molecular formula is C19H15F3N2O2S. The van der Waals surface area contributed by atoms with Crippen molar-refractivity contribution >= 4 is 44.6 Å². The largest absolute Gasteiger partial charge is 0.416 e. The number of hydrogen-bond acceptors (Lipinski definition) is 3. The zero-order valence-corrected chi connectivity index (χ0v) is 15.2. The Kier molecular flexibility index (Phi) is 4.93. The number of aryl methyl sites for hydroxylation is 1. The monoisotopic (exact) mass is 392 g/mol. The Morgan fingerprint density at radius 2 is 1.70 bits per heavy atom. The Labute approximate surface area is 157 Å². The van der Waals surface area contributed by atoms with E-state index in [1.807, 2.05) is 24.3 Å². The molecule has 2 N–H and O–H groups in total. The number of benzene rings is 2. The zero-order chi connectivity index (χ0) is 19.8. The van der Waals surface area contributed by atoms with Crippen molar-refractivity contribution in [3.63, 3.8) is 0 Å². The van der Waals surface area contributed by atoms with E-state index in [9.17, 15) is 22.8 Å². The van der Waals surface area contributed by atoms with Crippen molar-refractivity contribution in [2.45, 2.75) is 20.0 Å². The molecule has 0 spiro atoms. The summed E-state index contributed by atoms with van der Waals surface area (Å²) < 4.78 is 40.0. The van der Waals surface area contributed by atoms with Gasteiger partial charge in [0.2, 0.25) is 5.91 Å². The minimum Gasteiger partial charge on any atom is -0.325 e. The quantitative estimate of drug-likeness (QED) is 0.624. The summed E-state index contributed by atoms with van der Waals surface area (Å²) >= 11 is 1.26. The normalized spacial score (nSPS) is 11.4. The Morgan fingerprint density at radius 1 is 1.00 bits per heavy atom. The SMILES string of the molecule is CC(=O)Nc1ccc(C(F)(F)F)cc1NC(=O)c1sc2ccccc2c1C. The molecule has 0 saturated heterocycles. The fourth-order valence-electron chi connectivity index (χ4n) is 2.69. The van der Waals surface area contributed by atoms with Crippen LogP contribution in [-0.4, -0.2) is 11.8 Å². The van der Waals surface area contributed by atoms with Gasteiger partial charge in [0.05, 0.1) is 21.8 Å². The van der Waals surface area contributed by atoms with E-state index in [4.69, 9.17) is 0 Å². The molecule has 0 unspecified atom stereocenters.